The average molecular weight is 805 g/mol. The molecule has 0 aliphatic heterocycles. The molecular weight excluding hydrogens is 773 g/mol. The number of benzene rings is 10. The summed E-state index contributed by atoms with van der Waals surface area (Å²) in [5.74, 6) is 1.63. The van der Waals surface area contributed by atoms with Crippen LogP contribution in [0.2, 0.25) is 0 Å². The first kappa shape index (κ1) is 34.1. The van der Waals surface area contributed by atoms with E-state index in [2.05, 4.69) is 162 Å². The fourth-order valence-electron chi connectivity index (χ4n) is 10.1. The highest BCUT2D eigenvalue weighted by atomic mass is 16.3. The first-order valence-electron chi connectivity index (χ1n) is 21.2. The quantitative estimate of drug-likeness (QED) is 0.166. The second-order valence-corrected chi connectivity index (χ2v) is 16.3. The van der Waals surface area contributed by atoms with Gasteiger partial charge in [-0.25, -0.2) is 4.98 Å². The third kappa shape index (κ3) is 4.91. The Kier molecular flexibility index (Phi) is 7.02. The molecular formula is C57H32N4O2. The van der Waals surface area contributed by atoms with Crippen LogP contribution in [0.15, 0.2) is 203 Å². The highest BCUT2D eigenvalue weighted by molar-refractivity contribution is 6.33. The largest absolute Gasteiger partial charge is 0.456 e. The molecule has 14 aromatic rings. The summed E-state index contributed by atoms with van der Waals surface area (Å²) in [7, 11) is 0. The van der Waals surface area contributed by atoms with Gasteiger partial charge in [0.1, 0.15) is 22.3 Å². The molecule has 0 bridgehead atoms. The van der Waals surface area contributed by atoms with Crippen molar-refractivity contribution >= 4 is 98.0 Å². The van der Waals surface area contributed by atoms with E-state index in [0.29, 0.717) is 17.6 Å². The van der Waals surface area contributed by atoms with E-state index in [1.54, 1.807) is 0 Å². The van der Waals surface area contributed by atoms with Crippen molar-refractivity contribution in [2.45, 2.75) is 0 Å². The molecule has 0 unspecified atom stereocenters. The lowest BCUT2D eigenvalue weighted by Gasteiger charge is -2.14. The summed E-state index contributed by atoms with van der Waals surface area (Å²) in [6.45, 7) is 0. The minimum absolute atomic E-state index is 0.513. The summed E-state index contributed by atoms with van der Waals surface area (Å²) < 4.78 is 15.6. The van der Waals surface area contributed by atoms with Crippen LogP contribution >= 0.6 is 0 Å². The minimum atomic E-state index is 0.513. The standard InChI is InChI=1S/C57H32N4O2/c1-2-15-34(16-3-1)55-58-56(35-28-30-40-39-20-10-11-27-47(39)62-49(40)32-35)60-57(59-55)61-52-43(44-24-13-26-46-50-36-17-5-4-14-33(36)29-31-48(50)63-54(44)46)23-12-25-45(52)51-41-21-8-6-18-37(41)38-19-7-9-22-42(38)53(51)61/h1-32H. The number of para-hydroxylation sites is 3. The first-order valence-corrected chi connectivity index (χ1v) is 21.2. The maximum atomic E-state index is 6.91. The highest BCUT2D eigenvalue weighted by Gasteiger charge is 2.26. The van der Waals surface area contributed by atoms with Crippen LogP contribution in [-0.4, -0.2) is 19.5 Å². The van der Waals surface area contributed by atoms with Crippen molar-refractivity contribution in [2.75, 3.05) is 0 Å². The van der Waals surface area contributed by atoms with Crippen molar-refractivity contribution in [2.24, 2.45) is 0 Å². The first-order chi connectivity index (χ1) is 31.2. The van der Waals surface area contributed by atoms with E-state index >= 15 is 0 Å². The number of fused-ring (bicyclic) bond motifs is 16. The number of nitrogens with zero attached hydrogens (tertiary/aromatic N) is 4. The van der Waals surface area contributed by atoms with Gasteiger partial charge >= 0.3 is 0 Å². The Labute approximate surface area is 358 Å². The van der Waals surface area contributed by atoms with E-state index in [1.807, 2.05) is 36.4 Å². The number of hydrogen-bond donors (Lipinski definition) is 0. The molecule has 10 aromatic carbocycles. The third-order valence-electron chi connectivity index (χ3n) is 12.8. The molecule has 0 aliphatic carbocycles. The van der Waals surface area contributed by atoms with Crippen molar-refractivity contribution in [3.63, 3.8) is 0 Å². The second-order valence-electron chi connectivity index (χ2n) is 16.3. The Bertz CT molecular complexity index is 4220. The molecule has 4 heterocycles. The van der Waals surface area contributed by atoms with Gasteiger partial charge in [-0.1, -0.05) is 170 Å². The van der Waals surface area contributed by atoms with Crippen LogP contribution in [0.25, 0.3) is 138 Å². The van der Waals surface area contributed by atoms with Gasteiger partial charge in [-0.2, -0.15) is 9.97 Å². The molecule has 14 rings (SSSR count). The van der Waals surface area contributed by atoms with E-state index < -0.39 is 0 Å². The van der Waals surface area contributed by atoms with Gasteiger partial charge in [-0.15, -0.1) is 0 Å². The van der Waals surface area contributed by atoms with Gasteiger partial charge in [0.2, 0.25) is 5.95 Å². The Morgan fingerprint density at radius 3 is 1.81 bits per heavy atom. The van der Waals surface area contributed by atoms with Gasteiger partial charge in [-0.3, -0.25) is 4.57 Å². The third-order valence-corrected chi connectivity index (χ3v) is 12.8. The zero-order chi connectivity index (χ0) is 41.2. The van der Waals surface area contributed by atoms with Crippen LogP contribution in [0.5, 0.6) is 0 Å². The van der Waals surface area contributed by atoms with Crippen LogP contribution in [-0.2, 0) is 0 Å². The van der Waals surface area contributed by atoms with Gasteiger partial charge in [0.25, 0.3) is 0 Å². The Hall–Kier alpha value is -8.61. The zero-order valence-electron chi connectivity index (χ0n) is 33.6. The number of hydrogen-bond acceptors (Lipinski definition) is 5. The Morgan fingerprint density at radius 2 is 0.968 bits per heavy atom. The summed E-state index contributed by atoms with van der Waals surface area (Å²) in [6, 6.07) is 67.8. The van der Waals surface area contributed by atoms with E-state index in [1.165, 1.54) is 16.2 Å². The van der Waals surface area contributed by atoms with Gasteiger partial charge in [0.15, 0.2) is 11.6 Å². The van der Waals surface area contributed by atoms with Gasteiger partial charge in [-0.05, 0) is 51.2 Å². The molecule has 0 fully saturated rings. The van der Waals surface area contributed by atoms with Crippen LogP contribution in [0.3, 0.4) is 0 Å². The van der Waals surface area contributed by atoms with Gasteiger partial charge in [0, 0.05) is 60.0 Å². The van der Waals surface area contributed by atoms with Crippen LogP contribution in [0.1, 0.15) is 0 Å². The fourth-order valence-corrected chi connectivity index (χ4v) is 10.1. The van der Waals surface area contributed by atoms with Crippen LogP contribution in [0.4, 0.5) is 0 Å². The normalized spacial score (nSPS) is 12.1. The predicted molar refractivity (Wildman–Crippen MR) is 258 cm³/mol. The van der Waals surface area contributed by atoms with Crippen molar-refractivity contribution < 1.29 is 8.83 Å². The summed E-state index contributed by atoms with van der Waals surface area (Å²) in [5.41, 5.74) is 9.05. The lowest BCUT2D eigenvalue weighted by Crippen LogP contribution is -2.07. The van der Waals surface area contributed by atoms with E-state index in [0.717, 1.165) is 104 Å². The Morgan fingerprint density at radius 1 is 0.333 bits per heavy atom. The SMILES string of the molecule is c1ccc(-c2nc(-c3ccc4c(c3)oc3ccccc34)nc(-n3c4c(-c5cccc6c5oc5ccc7ccccc7c56)cccc4c4c5ccccc5c5ccccc5c43)n2)cc1. The van der Waals surface area contributed by atoms with Gasteiger partial charge < -0.3 is 8.83 Å². The highest BCUT2D eigenvalue weighted by Crippen LogP contribution is 2.47. The zero-order valence-corrected chi connectivity index (χ0v) is 33.6. The maximum Gasteiger partial charge on any atom is 0.238 e. The molecule has 0 saturated heterocycles. The van der Waals surface area contributed by atoms with Crippen molar-refractivity contribution in [3.8, 4) is 39.9 Å². The molecule has 0 spiro atoms. The molecule has 63 heavy (non-hydrogen) atoms. The van der Waals surface area contributed by atoms with Crippen molar-refractivity contribution in [1.29, 1.82) is 0 Å². The molecule has 4 aromatic heterocycles. The molecule has 0 N–H and O–H groups in total. The molecule has 6 heteroatoms. The topological polar surface area (TPSA) is 69.9 Å². The smallest absolute Gasteiger partial charge is 0.238 e. The summed E-state index contributed by atoms with van der Waals surface area (Å²) in [5, 5.41) is 13.5. The molecule has 292 valence electrons. The maximum absolute atomic E-state index is 6.91. The summed E-state index contributed by atoms with van der Waals surface area (Å²) in [6.07, 6.45) is 0. The molecule has 0 radical (unpaired) electrons. The average Bonchev–Trinajstić information content (AvgIpc) is 4.04. The molecule has 0 aliphatic rings. The lowest BCUT2D eigenvalue weighted by molar-refractivity contribution is 0.669. The Balaban J connectivity index is 1.14. The van der Waals surface area contributed by atoms with Crippen molar-refractivity contribution in [1.82, 2.24) is 19.5 Å². The summed E-state index contributed by atoms with van der Waals surface area (Å²) in [4.78, 5) is 16.1. The predicted octanol–water partition coefficient (Wildman–Crippen LogP) is 15.2. The minimum Gasteiger partial charge on any atom is -0.456 e. The summed E-state index contributed by atoms with van der Waals surface area (Å²) >= 11 is 0. The second kappa shape index (κ2) is 12.9. The van der Waals surface area contributed by atoms with Crippen LogP contribution < -0.4 is 0 Å². The number of rotatable bonds is 4. The van der Waals surface area contributed by atoms with Gasteiger partial charge in [0.05, 0.1) is 11.0 Å². The fraction of sp³-hybridized carbons (Fsp3) is 0. The van der Waals surface area contributed by atoms with Crippen molar-refractivity contribution in [3.05, 3.63) is 194 Å². The number of furan rings is 2. The molecule has 0 amide bonds. The van der Waals surface area contributed by atoms with E-state index in [9.17, 15) is 0 Å². The molecule has 0 saturated carbocycles. The van der Waals surface area contributed by atoms with E-state index in [-0.39, 0.29) is 0 Å². The van der Waals surface area contributed by atoms with Crippen LogP contribution in [0, 0.1) is 0 Å². The lowest BCUT2D eigenvalue weighted by atomic mass is 9.95. The number of aromatic nitrogens is 4. The van der Waals surface area contributed by atoms with E-state index in [4.69, 9.17) is 23.8 Å². The molecule has 0 atom stereocenters. The molecule has 6 nitrogen and oxygen atoms in total. The monoisotopic (exact) mass is 804 g/mol.